The predicted molar refractivity (Wildman–Crippen MR) is 112 cm³/mol. The van der Waals surface area contributed by atoms with Crippen molar-refractivity contribution in [2.45, 2.75) is 25.0 Å². The summed E-state index contributed by atoms with van der Waals surface area (Å²) in [5, 5.41) is 12.3. The van der Waals surface area contributed by atoms with Crippen molar-refractivity contribution in [1.82, 2.24) is 4.90 Å². The zero-order valence-electron chi connectivity index (χ0n) is 16.9. The van der Waals surface area contributed by atoms with Crippen LogP contribution in [-0.2, 0) is 9.53 Å². The Morgan fingerprint density at radius 1 is 1.13 bits per heavy atom. The van der Waals surface area contributed by atoms with Gasteiger partial charge in [-0.2, -0.15) is 0 Å². The Morgan fingerprint density at radius 3 is 2.47 bits per heavy atom. The summed E-state index contributed by atoms with van der Waals surface area (Å²) in [6.45, 7) is 2.94. The number of carboxylic acids is 1. The normalized spacial score (nSPS) is 23.4. The number of piperidine rings is 3. The van der Waals surface area contributed by atoms with Gasteiger partial charge in [-0.25, -0.2) is 9.59 Å². The average molecular weight is 410 g/mol. The van der Waals surface area contributed by atoms with E-state index in [0.29, 0.717) is 17.4 Å². The monoisotopic (exact) mass is 410 g/mol. The van der Waals surface area contributed by atoms with E-state index < -0.39 is 12.0 Å². The summed E-state index contributed by atoms with van der Waals surface area (Å²) in [6.07, 6.45) is 2.03. The van der Waals surface area contributed by atoms with Crippen LogP contribution in [-0.4, -0.2) is 54.8 Å². The molecule has 3 aliphatic heterocycles. The number of nitrogens with zero attached hydrogens (tertiary/aromatic N) is 1. The van der Waals surface area contributed by atoms with Crippen LogP contribution in [0.15, 0.2) is 48.5 Å². The zero-order chi connectivity index (χ0) is 21.1. The average Bonchev–Trinajstić information content (AvgIpc) is 2.78. The number of esters is 1. The number of anilines is 1. The Balaban J connectivity index is 1.56. The smallest absolute Gasteiger partial charge is 0.335 e. The quantitative estimate of drug-likeness (QED) is 0.678. The molecule has 0 aliphatic carbocycles. The van der Waals surface area contributed by atoms with Gasteiger partial charge in [0.05, 0.1) is 12.7 Å². The number of ether oxygens (including phenoxy) is 2. The summed E-state index contributed by atoms with van der Waals surface area (Å²) in [4.78, 5) is 26.7. The highest BCUT2D eigenvalue weighted by Gasteiger charge is 2.38. The van der Waals surface area contributed by atoms with E-state index in [9.17, 15) is 9.59 Å². The number of nitrogens with one attached hydrogen (secondary N) is 1. The van der Waals surface area contributed by atoms with Gasteiger partial charge < -0.3 is 19.9 Å². The van der Waals surface area contributed by atoms with Crippen LogP contribution in [0.4, 0.5) is 5.69 Å². The van der Waals surface area contributed by atoms with Crippen LogP contribution in [0.2, 0.25) is 0 Å². The van der Waals surface area contributed by atoms with Gasteiger partial charge in [0.25, 0.3) is 0 Å². The number of carbonyl (C=O) groups excluding carboxylic acids is 1. The maximum atomic E-state index is 13.2. The van der Waals surface area contributed by atoms with E-state index in [0.717, 1.165) is 38.0 Å². The molecule has 3 heterocycles. The van der Waals surface area contributed by atoms with E-state index in [2.05, 4.69) is 10.2 Å². The van der Waals surface area contributed by atoms with Crippen LogP contribution in [0.25, 0.3) is 0 Å². The standard InChI is InChI=1S/C23H26N2O5/c1-29-19-4-2-3-17(13-19)21(24-18-7-5-16(6-8-18)22(26)27)23(28)30-20-14-25-11-9-15(20)10-12-25/h2-8,13,15,20-21,24H,9-12,14H2,1H3,(H,26,27)/t20-,21?/m0/s1. The number of fused-ring (bicyclic) bond motifs is 3. The topological polar surface area (TPSA) is 88.1 Å². The van der Waals surface area contributed by atoms with Crippen LogP contribution < -0.4 is 10.1 Å². The molecule has 0 amide bonds. The molecule has 1 unspecified atom stereocenters. The highest BCUT2D eigenvalue weighted by Crippen LogP contribution is 2.32. The van der Waals surface area contributed by atoms with Crippen molar-refractivity contribution in [3.05, 3.63) is 59.7 Å². The first kappa shape index (κ1) is 20.2. The van der Waals surface area contributed by atoms with Crippen LogP contribution >= 0.6 is 0 Å². The first-order valence-corrected chi connectivity index (χ1v) is 10.2. The summed E-state index contributed by atoms with van der Waals surface area (Å²) >= 11 is 0. The van der Waals surface area contributed by atoms with Crippen molar-refractivity contribution in [2.75, 3.05) is 32.1 Å². The first-order valence-electron chi connectivity index (χ1n) is 10.2. The summed E-state index contributed by atoms with van der Waals surface area (Å²) in [5.41, 5.74) is 1.55. The fourth-order valence-corrected chi connectivity index (χ4v) is 4.24. The molecular formula is C23H26N2O5. The second-order valence-corrected chi connectivity index (χ2v) is 7.85. The zero-order valence-corrected chi connectivity index (χ0v) is 16.9. The van der Waals surface area contributed by atoms with Gasteiger partial charge in [0.2, 0.25) is 0 Å². The third-order valence-corrected chi connectivity index (χ3v) is 5.97. The van der Waals surface area contributed by atoms with Gasteiger partial charge >= 0.3 is 11.9 Å². The van der Waals surface area contributed by atoms with E-state index in [-0.39, 0.29) is 17.6 Å². The molecule has 7 heteroatoms. The maximum absolute atomic E-state index is 13.2. The van der Waals surface area contributed by atoms with Crippen LogP contribution in [0.5, 0.6) is 5.75 Å². The molecule has 158 valence electrons. The number of methoxy groups -OCH3 is 1. The number of benzene rings is 2. The molecule has 0 aromatic heterocycles. The Kier molecular flexibility index (Phi) is 5.90. The summed E-state index contributed by atoms with van der Waals surface area (Å²) in [5.74, 6) is -0.270. The maximum Gasteiger partial charge on any atom is 0.335 e. The number of hydrogen-bond acceptors (Lipinski definition) is 6. The minimum atomic E-state index is -0.993. The second kappa shape index (κ2) is 8.75. The lowest BCUT2D eigenvalue weighted by Gasteiger charge is -2.44. The fourth-order valence-electron chi connectivity index (χ4n) is 4.24. The molecule has 2 aromatic carbocycles. The van der Waals surface area contributed by atoms with Gasteiger partial charge in [0.1, 0.15) is 11.9 Å². The molecule has 3 aliphatic rings. The summed E-state index contributed by atoms with van der Waals surface area (Å²) < 4.78 is 11.3. The van der Waals surface area contributed by atoms with Gasteiger partial charge in [-0.15, -0.1) is 0 Å². The molecule has 5 rings (SSSR count). The molecule has 2 atom stereocenters. The third-order valence-electron chi connectivity index (χ3n) is 5.97. The molecule has 30 heavy (non-hydrogen) atoms. The number of carbonyl (C=O) groups is 2. The van der Waals surface area contributed by atoms with Crippen molar-refractivity contribution in [1.29, 1.82) is 0 Å². The lowest BCUT2D eigenvalue weighted by molar-refractivity contribution is -0.159. The van der Waals surface area contributed by atoms with E-state index in [1.54, 1.807) is 25.3 Å². The van der Waals surface area contributed by atoms with E-state index >= 15 is 0 Å². The van der Waals surface area contributed by atoms with Crippen LogP contribution in [0, 0.1) is 5.92 Å². The molecule has 0 saturated carbocycles. The van der Waals surface area contributed by atoms with Crippen molar-refractivity contribution >= 4 is 17.6 Å². The number of carboxylic acid groups (broad SMARTS) is 1. The molecule has 0 radical (unpaired) electrons. The minimum absolute atomic E-state index is 0.0932. The number of rotatable bonds is 7. The van der Waals surface area contributed by atoms with Gasteiger partial charge in [-0.3, -0.25) is 4.90 Å². The highest BCUT2D eigenvalue weighted by atomic mass is 16.5. The van der Waals surface area contributed by atoms with Crippen molar-refractivity contribution in [3.63, 3.8) is 0 Å². The first-order chi connectivity index (χ1) is 14.5. The van der Waals surface area contributed by atoms with Gasteiger partial charge in [0.15, 0.2) is 6.04 Å². The van der Waals surface area contributed by atoms with E-state index in [1.807, 2.05) is 18.2 Å². The van der Waals surface area contributed by atoms with E-state index in [1.165, 1.54) is 12.1 Å². The van der Waals surface area contributed by atoms with Crippen LogP contribution in [0.3, 0.4) is 0 Å². The van der Waals surface area contributed by atoms with Crippen molar-refractivity contribution in [3.8, 4) is 5.75 Å². The van der Waals surface area contributed by atoms with Crippen molar-refractivity contribution < 1.29 is 24.2 Å². The Bertz CT molecular complexity index is 906. The molecular weight excluding hydrogens is 384 g/mol. The Morgan fingerprint density at radius 2 is 1.87 bits per heavy atom. The second-order valence-electron chi connectivity index (χ2n) is 7.85. The fraction of sp³-hybridized carbons (Fsp3) is 0.391. The lowest BCUT2D eigenvalue weighted by atomic mass is 9.86. The molecule has 7 nitrogen and oxygen atoms in total. The lowest BCUT2D eigenvalue weighted by Crippen LogP contribution is -2.52. The predicted octanol–water partition coefficient (Wildman–Crippen LogP) is 3.18. The molecule has 2 aromatic rings. The van der Waals surface area contributed by atoms with Crippen LogP contribution in [0.1, 0.15) is 34.8 Å². The van der Waals surface area contributed by atoms with Gasteiger partial charge in [-0.05, 0) is 73.8 Å². The highest BCUT2D eigenvalue weighted by molar-refractivity contribution is 5.88. The largest absolute Gasteiger partial charge is 0.497 e. The molecule has 2 N–H and O–H groups in total. The van der Waals surface area contributed by atoms with Gasteiger partial charge in [-0.1, -0.05) is 12.1 Å². The number of hydrogen-bond donors (Lipinski definition) is 2. The summed E-state index contributed by atoms with van der Waals surface area (Å²) in [7, 11) is 1.58. The molecule has 0 spiro atoms. The SMILES string of the molecule is COc1cccc(C(Nc2ccc(C(=O)O)cc2)C(=O)O[C@H]2CN3CCC2CC3)c1. The van der Waals surface area contributed by atoms with Crippen molar-refractivity contribution in [2.24, 2.45) is 5.92 Å². The number of aromatic carboxylic acids is 1. The van der Waals surface area contributed by atoms with E-state index in [4.69, 9.17) is 14.6 Å². The third kappa shape index (κ3) is 4.41. The minimum Gasteiger partial charge on any atom is -0.497 e. The Labute approximate surface area is 175 Å². The summed E-state index contributed by atoms with van der Waals surface area (Å²) in [6, 6.07) is 12.9. The Hall–Kier alpha value is -3.06. The molecule has 3 saturated heterocycles. The van der Waals surface area contributed by atoms with Gasteiger partial charge in [0, 0.05) is 12.2 Å². The molecule has 2 bridgehead atoms. The molecule has 3 fully saturated rings.